The van der Waals surface area contributed by atoms with Crippen molar-refractivity contribution in [2.75, 3.05) is 20.8 Å². The van der Waals surface area contributed by atoms with Crippen LogP contribution in [0, 0.1) is 0 Å². The third-order valence-corrected chi connectivity index (χ3v) is 5.49. The number of aromatic hydroxyl groups is 1. The van der Waals surface area contributed by atoms with Gasteiger partial charge in [0.05, 0.1) is 25.7 Å². The van der Waals surface area contributed by atoms with Crippen LogP contribution in [0.3, 0.4) is 0 Å². The largest absolute Gasteiger partial charge is 0.508 e. The van der Waals surface area contributed by atoms with Crippen molar-refractivity contribution >= 4 is 11.6 Å². The van der Waals surface area contributed by atoms with E-state index in [0.717, 1.165) is 0 Å². The Morgan fingerprint density at radius 2 is 1.93 bits per heavy atom. The molecule has 0 amide bonds. The van der Waals surface area contributed by atoms with Gasteiger partial charge in [0.1, 0.15) is 30.0 Å². The summed E-state index contributed by atoms with van der Waals surface area (Å²) < 4.78 is 22.7. The summed E-state index contributed by atoms with van der Waals surface area (Å²) >= 11 is 0. The zero-order chi connectivity index (χ0) is 21.6. The number of hydrogen-bond acceptors (Lipinski definition) is 7. The van der Waals surface area contributed by atoms with E-state index in [2.05, 4.69) is 6.58 Å². The molecule has 0 saturated carbocycles. The molecule has 2 aromatic carbocycles. The van der Waals surface area contributed by atoms with E-state index in [-0.39, 0.29) is 41.7 Å². The second kappa shape index (κ2) is 7.40. The molecule has 2 aliphatic rings. The van der Waals surface area contributed by atoms with Crippen LogP contribution in [-0.2, 0) is 11.2 Å². The van der Waals surface area contributed by atoms with Crippen LogP contribution < -0.4 is 18.9 Å². The van der Waals surface area contributed by atoms with E-state index in [1.807, 2.05) is 0 Å². The Balaban J connectivity index is 1.80. The molecule has 4 rings (SSSR count). The van der Waals surface area contributed by atoms with E-state index in [4.69, 9.17) is 18.9 Å². The molecule has 2 aromatic rings. The number of phenols is 1. The maximum absolute atomic E-state index is 13.5. The van der Waals surface area contributed by atoms with Gasteiger partial charge in [0.2, 0.25) is 0 Å². The molecular formula is C23H22O7. The summed E-state index contributed by atoms with van der Waals surface area (Å²) in [5.41, 5.74) is 1.61. The third kappa shape index (κ3) is 3.07. The minimum Gasteiger partial charge on any atom is -0.508 e. The third-order valence-electron chi connectivity index (χ3n) is 5.49. The molecule has 0 aliphatic carbocycles. The average molecular weight is 410 g/mol. The minimum absolute atomic E-state index is 0.0990. The number of fused-ring (bicyclic) bond motifs is 4. The number of carbonyl (C=O) groups excluding carboxylic acids is 2. The summed E-state index contributed by atoms with van der Waals surface area (Å²) in [7, 11) is 3.05. The first-order valence-corrected chi connectivity index (χ1v) is 9.48. The number of phenolic OH excluding ortho intramolecular Hbond substituents is 1. The minimum atomic E-state index is -0.602. The second-order valence-corrected chi connectivity index (χ2v) is 7.37. The van der Waals surface area contributed by atoms with Crippen LogP contribution in [-0.4, -0.2) is 43.6 Å². The van der Waals surface area contributed by atoms with Gasteiger partial charge in [0.15, 0.2) is 23.1 Å². The number of rotatable bonds is 5. The molecule has 0 spiro atoms. The van der Waals surface area contributed by atoms with Crippen LogP contribution in [0.1, 0.15) is 34.3 Å². The monoisotopic (exact) mass is 410 g/mol. The van der Waals surface area contributed by atoms with Crippen LogP contribution in [0.25, 0.3) is 0 Å². The van der Waals surface area contributed by atoms with Crippen LogP contribution in [0.15, 0.2) is 36.4 Å². The van der Waals surface area contributed by atoms with Crippen molar-refractivity contribution in [2.45, 2.75) is 25.4 Å². The lowest BCUT2D eigenvalue weighted by molar-refractivity contribution is -0.115. The molecule has 1 N–H and O–H groups in total. The van der Waals surface area contributed by atoms with E-state index in [1.165, 1.54) is 26.4 Å². The van der Waals surface area contributed by atoms with Gasteiger partial charge >= 0.3 is 0 Å². The fraction of sp³-hybridized carbons (Fsp3) is 0.304. The molecule has 156 valence electrons. The zero-order valence-corrected chi connectivity index (χ0v) is 17.0. The molecule has 7 nitrogen and oxygen atoms in total. The number of methoxy groups -OCH3 is 2. The average Bonchev–Trinajstić information content (AvgIpc) is 2.74. The molecule has 7 heteroatoms. The summed E-state index contributed by atoms with van der Waals surface area (Å²) in [5, 5.41) is 10.3. The molecule has 2 atom stereocenters. The molecule has 0 bridgehead atoms. The summed E-state index contributed by atoms with van der Waals surface area (Å²) in [6, 6.07) is 6.36. The summed E-state index contributed by atoms with van der Waals surface area (Å²) in [4.78, 5) is 25.7. The van der Waals surface area contributed by atoms with Gasteiger partial charge in [0.25, 0.3) is 0 Å². The highest BCUT2D eigenvalue weighted by molar-refractivity contribution is 6.06. The van der Waals surface area contributed by atoms with E-state index >= 15 is 0 Å². The van der Waals surface area contributed by atoms with Gasteiger partial charge in [-0.15, -0.1) is 0 Å². The van der Waals surface area contributed by atoms with Crippen molar-refractivity contribution < 1.29 is 33.6 Å². The van der Waals surface area contributed by atoms with Crippen molar-refractivity contribution in [1.29, 1.82) is 0 Å². The maximum atomic E-state index is 13.5. The molecule has 0 aromatic heterocycles. The topological polar surface area (TPSA) is 91.3 Å². The predicted molar refractivity (Wildman–Crippen MR) is 108 cm³/mol. The number of Topliss-reactive ketones (excluding diaryl/α,β-unsaturated/α-hetero) is 2. The van der Waals surface area contributed by atoms with E-state index in [1.54, 1.807) is 19.1 Å². The van der Waals surface area contributed by atoms with Crippen LogP contribution in [0.4, 0.5) is 0 Å². The van der Waals surface area contributed by atoms with Crippen LogP contribution in [0.5, 0.6) is 28.7 Å². The van der Waals surface area contributed by atoms with Crippen molar-refractivity contribution in [3.05, 3.63) is 53.1 Å². The van der Waals surface area contributed by atoms with E-state index < -0.39 is 12.0 Å². The molecule has 30 heavy (non-hydrogen) atoms. The van der Waals surface area contributed by atoms with E-state index in [0.29, 0.717) is 33.9 Å². The Morgan fingerprint density at radius 1 is 1.23 bits per heavy atom. The molecule has 0 saturated heterocycles. The number of carbonyl (C=O) groups is 2. The fourth-order valence-electron chi connectivity index (χ4n) is 3.87. The Morgan fingerprint density at radius 3 is 2.60 bits per heavy atom. The first-order valence-electron chi connectivity index (χ1n) is 9.48. The maximum Gasteiger partial charge on any atom is 0.178 e. The summed E-state index contributed by atoms with van der Waals surface area (Å²) in [6.45, 7) is 5.39. The number of benzene rings is 2. The standard InChI is InChI=1S/C23H22O7/c1-11(2)16(25)7-13-15(24)6-5-12-22(26)21-14-8-18(27-3)19(28-4)9-17(14)29-10-20(21)30-23(12)13/h5-6,8-9,20-21,24H,1,7,10H2,2-4H3/t20-,21+/m1/s1. The lowest BCUT2D eigenvalue weighted by Gasteiger charge is -2.38. The van der Waals surface area contributed by atoms with Crippen molar-refractivity contribution in [2.24, 2.45) is 0 Å². The number of hydrogen-bond donors (Lipinski definition) is 1. The second-order valence-electron chi connectivity index (χ2n) is 7.37. The van der Waals surface area contributed by atoms with Gasteiger partial charge in [-0.3, -0.25) is 9.59 Å². The summed E-state index contributed by atoms with van der Waals surface area (Å²) in [5.74, 6) is 0.644. The quantitative estimate of drug-likeness (QED) is 0.757. The SMILES string of the molecule is C=C(C)C(=O)Cc1c(O)ccc2c1O[C@@H]1COc3cc(OC)c(OC)cc3[C@@H]1C2=O. The van der Waals surface area contributed by atoms with Crippen molar-refractivity contribution in [3.8, 4) is 28.7 Å². The van der Waals surface area contributed by atoms with Gasteiger partial charge in [-0.2, -0.15) is 0 Å². The van der Waals surface area contributed by atoms with Gasteiger partial charge in [0, 0.05) is 23.6 Å². The number of ether oxygens (including phenoxy) is 4. The fourth-order valence-corrected chi connectivity index (χ4v) is 3.87. The van der Waals surface area contributed by atoms with Crippen molar-refractivity contribution in [1.82, 2.24) is 0 Å². The number of ketones is 2. The molecule has 2 heterocycles. The molecule has 0 unspecified atom stereocenters. The first-order chi connectivity index (χ1) is 14.3. The molecular weight excluding hydrogens is 388 g/mol. The first kappa shape index (κ1) is 19.8. The molecule has 0 radical (unpaired) electrons. The summed E-state index contributed by atoms with van der Waals surface area (Å²) in [6.07, 6.45) is -0.701. The molecule has 2 aliphatic heterocycles. The lowest BCUT2D eigenvalue weighted by atomic mass is 9.81. The Hall–Kier alpha value is -3.48. The van der Waals surface area contributed by atoms with Crippen LogP contribution in [0.2, 0.25) is 0 Å². The lowest BCUT2D eigenvalue weighted by Crippen LogP contribution is -2.43. The van der Waals surface area contributed by atoms with Crippen molar-refractivity contribution in [3.63, 3.8) is 0 Å². The van der Waals surface area contributed by atoms with Crippen LogP contribution >= 0.6 is 0 Å². The Labute approximate surface area is 173 Å². The van der Waals surface area contributed by atoms with Gasteiger partial charge < -0.3 is 24.1 Å². The van der Waals surface area contributed by atoms with Gasteiger partial charge in [-0.1, -0.05) is 6.58 Å². The highest BCUT2D eigenvalue weighted by atomic mass is 16.5. The highest BCUT2D eigenvalue weighted by Crippen LogP contribution is 2.48. The van der Waals surface area contributed by atoms with Gasteiger partial charge in [-0.25, -0.2) is 0 Å². The highest BCUT2D eigenvalue weighted by Gasteiger charge is 2.44. The zero-order valence-electron chi connectivity index (χ0n) is 17.0. The number of allylic oxidation sites excluding steroid dienone is 1. The Kier molecular flexibility index (Phi) is 4.89. The smallest absolute Gasteiger partial charge is 0.178 e. The predicted octanol–water partition coefficient (Wildman–Crippen LogP) is 3.22. The normalized spacial score (nSPS) is 18.8. The Bertz CT molecular complexity index is 1070. The van der Waals surface area contributed by atoms with E-state index in [9.17, 15) is 14.7 Å². The molecule has 0 fully saturated rings. The van der Waals surface area contributed by atoms with Gasteiger partial charge in [-0.05, 0) is 30.7 Å².